The van der Waals surface area contributed by atoms with E-state index in [1.54, 1.807) is 29.2 Å². The van der Waals surface area contributed by atoms with E-state index >= 15 is 0 Å². The normalized spacial score (nSPS) is 21.6. The second kappa shape index (κ2) is 10.2. The van der Waals surface area contributed by atoms with Crippen LogP contribution in [0.15, 0.2) is 54.9 Å². The molecule has 42 heavy (non-hydrogen) atoms. The number of pyridine rings is 2. The van der Waals surface area contributed by atoms with Gasteiger partial charge in [0.1, 0.15) is 17.2 Å². The molecule has 2 amide bonds. The molecular weight excluding hydrogens is 530 g/mol. The molecule has 0 unspecified atom stereocenters. The van der Waals surface area contributed by atoms with Gasteiger partial charge in [-0.25, -0.2) is 14.6 Å². The molecule has 0 radical (unpaired) electrons. The van der Waals surface area contributed by atoms with Gasteiger partial charge in [0.2, 0.25) is 5.91 Å². The molecule has 10 nitrogen and oxygen atoms in total. The molecule has 7 rings (SSSR count). The minimum Gasteiger partial charge on any atom is -0.382 e. The van der Waals surface area contributed by atoms with Crippen LogP contribution in [0.2, 0.25) is 0 Å². The summed E-state index contributed by atoms with van der Waals surface area (Å²) >= 11 is 0. The topological polar surface area (TPSA) is 128 Å². The Kier molecular flexibility index (Phi) is 6.46. The van der Waals surface area contributed by atoms with Crippen LogP contribution in [0.5, 0.6) is 0 Å². The lowest BCUT2D eigenvalue weighted by atomic mass is 9.83. The van der Waals surface area contributed by atoms with E-state index in [1.807, 2.05) is 42.2 Å². The maximum atomic E-state index is 13.4. The predicted octanol–water partition coefficient (Wildman–Crippen LogP) is 4.66. The first-order valence-electron chi connectivity index (χ1n) is 14.7. The quantitative estimate of drug-likeness (QED) is 0.348. The van der Waals surface area contributed by atoms with E-state index in [9.17, 15) is 9.59 Å². The van der Waals surface area contributed by atoms with E-state index in [2.05, 4.69) is 22.2 Å². The number of amides is 2. The number of nitrogen functional groups attached to an aromatic ring is 1. The molecular formula is C32H35N7O3. The summed E-state index contributed by atoms with van der Waals surface area (Å²) in [6, 6.07) is 13.4. The van der Waals surface area contributed by atoms with Crippen LogP contribution in [0.1, 0.15) is 73.0 Å². The zero-order chi connectivity index (χ0) is 29.0. The Morgan fingerprint density at radius 3 is 2.45 bits per heavy atom. The summed E-state index contributed by atoms with van der Waals surface area (Å²) in [4.78, 5) is 37.1. The first kappa shape index (κ1) is 26.6. The van der Waals surface area contributed by atoms with Gasteiger partial charge in [-0.05, 0) is 93.5 Å². The van der Waals surface area contributed by atoms with Crippen molar-refractivity contribution in [1.82, 2.24) is 24.6 Å². The van der Waals surface area contributed by atoms with Gasteiger partial charge < -0.3 is 20.7 Å². The van der Waals surface area contributed by atoms with Crippen molar-refractivity contribution in [3.8, 4) is 5.69 Å². The maximum absolute atomic E-state index is 13.4. The number of ether oxygens (including phenoxy) is 1. The molecule has 216 valence electrons. The van der Waals surface area contributed by atoms with Gasteiger partial charge in [-0.3, -0.25) is 9.59 Å². The van der Waals surface area contributed by atoms with E-state index in [-0.39, 0.29) is 23.8 Å². The second-order valence-electron chi connectivity index (χ2n) is 12.3. The molecule has 5 heterocycles. The number of benzene rings is 1. The lowest BCUT2D eigenvalue weighted by molar-refractivity contribution is -0.172. The number of nitrogens with zero attached hydrogens (tertiary/aromatic N) is 5. The molecule has 3 aromatic heterocycles. The maximum Gasteiger partial charge on any atom is 0.256 e. The molecule has 3 aliphatic rings. The number of nitrogens with one attached hydrogen (secondary N) is 1. The van der Waals surface area contributed by atoms with Gasteiger partial charge in [0.25, 0.3) is 5.91 Å². The van der Waals surface area contributed by atoms with Crippen molar-refractivity contribution in [3.05, 3.63) is 71.7 Å². The van der Waals surface area contributed by atoms with Crippen molar-refractivity contribution in [2.24, 2.45) is 5.41 Å². The Hall–Kier alpha value is -4.31. The summed E-state index contributed by atoms with van der Waals surface area (Å²) < 4.78 is 7.18. The average molecular weight is 566 g/mol. The smallest absolute Gasteiger partial charge is 0.256 e. The predicted molar refractivity (Wildman–Crippen MR) is 160 cm³/mol. The van der Waals surface area contributed by atoms with Crippen LogP contribution in [-0.2, 0) is 9.53 Å². The molecule has 2 aliphatic heterocycles. The van der Waals surface area contributed by atoms with Crippen LogP contribution < -0.4 is 11.1 Å². The van der Waals surface area contributed by atoms with Gasteiger partial charge in [-0.15, -0.1) is 0 Å². The van der Waals surface area contributed by atoms with Crippen LogP contribution in [-0.4, -0.2) is 62.3 Å². The molecule has 10 heteroatoms. The molecule has 0 spiro atoms. The van der Waals surface area contributed by atoms with Crippen LogP contribution in [0.3, 0.4) is 0 Å². The molecule has 4 aromatic rings. The summed E-state index contributed by atoms with van der Waals surface area (Å²) in [6.07, 6.45) is 7.64. The number of hydrogen-bond donors (Lipinski definition) is 2. The SMILES string of the molecule is C[C@H]1CC[C@@H](c2nn(-c3ccc(C(=O)Nc4cc(C5CC5)ccn4)cc3)c3c(N)nccc23)CN1C(=O)C1(C)COC1. The Labute approximate surface area is 244 Å². The number of piperidine rings is 1. The first-order valence-corrected chi connectivity index (χ1v) is 14.7. The van der Waals surface area contributed by atoms with E-state index in [0.29, 0.717) is 42.9 Å². The third kappa shape index (κ3) is 4.69. The Balaban J connectivity index is 1.16. The van der Waals surface area contributed by atoms with Crippen LogP contribution in [0.25, 0.3) is 16.6 Å². The van der Waals surface area contributed by atoms with E-state index in [1.165, 1.54) is 18.4 Å². The van der Waals surface area contributed by atoms with Gasteiger partial charge in [-0.1, -0.05) is 0 Å². The number of carbonyl (C=O) groups excluding carboxylic acids is 2. The van der Waals surface area contributed by atoms with Crippen molar-refractivity contribution < 1.29 is 14.3 Å². The van der Waals surface area contributed by atoms with Crippen molar-refractivity contribution >= 4 is 34.4 Å². The van der Waals surface area contributed by atoms with Gasteiger partial charge in [0, 0.05) is 41.8 Å². The third-order valence-corrected chi connectivity index (χ3v) is 8.98. The second-order valence-corrected chi connectivity index (χ2v) is 12.3. The molecule has 0 bridgehead atoms. The zero-order valence-electron chi connectivity index (χ0n) is 23.9. The van der Waals surface area contributed by atoms with Crippen molar-refractivity contribution in [1.29, 1.82) is 0 Å². The molecule has 2 atom stereocenters. The molecule has 3 fully saturated rings. The minimum atomic E-state index is -0.448. The molecule has 3 N–H and O–H groups in total. The number of rotatable bonds is 6. The van der Waals surface area contributed by atoms with Gasteiger partial charge in [0.15, 0.2) is 0 Å². The fourth-order valence-electron chi connectivity index (χ4n) is 6.22. The highest BCUT2D eigenvalue weighted by molar-refractivity contribution is 6.04. The van der Waals surface area contributed by atoms with Crippen molar-refractivity contribution in [3.63, 3.8) is 0 Å². The number of fused-ring (bicyclic) bond motifs is 1. The Morgan fingerprint density at radius 1 is 1.00 bits per heavy atom. The summed E-state index contributed by atoms with van der Waals surface area (Å²) in [5.74, 6) is 1.51. The summed E-state index contributed by atoms with van der Waals surface area (Å²) in [7, 11) is 0. The number of anilines is 2. The number of aromatic nitrogens is 4. The van der Waals surface area contributed by atoms with Gasteiger partial charge in [0.05, 0.1) is 30.0 Å². The number of hydrogen-bond acceptors (Lipinski definition) is 7. The number of likely N-dealkylation sites (tertiary alicyclic amines) is 1. The highest BCUT2D eigenvalue weighted by atomic mass is 16.5. The standard InChI is InChI=1S/C32H35N7O3/c1-19-3-4-23(16-38(19)31(41)32(2)17-42-18-32)27-25-12-14-35-29(33)28(25)39(37-27)24-9-7-21(8-10-24)30(40)36-26-15-22(11-13-34-26)20-5-6-20/h7-15,19-20,23H,3-6,16-18H2,1-2H3,(H2,33,35)(H,34,36,40)/t19-,23+/m0/s1. The molecule has 2 saturated heterocycles. The monoisotopic (exact) mass is 565 g/mol. The average Bonchev–Trinajstić information content (AvgIpc) is 3.76. The number of carbonyl (C=O) groups is 2. The molecule has 1 aromatic carbocycles. The molecule has 1 saturated carbocycles. The highest BCUT2D eigenvalue weighted by Crippen LogP contribution is 2.41. The lowest BCUT2D eigenvalue weighted by Crippen LogP contribution is -2.57. The molecule has 1 aliphatic carbocycles. The number of nitrogens with two attached hydrogens (primary N) is 1. The third-order valence-electron chi connectivity index (χ3n) is 8.98. The summed E-state index contributed by atoms with van der Waals surface area (Å²) in [6.45, 7) is 5.64. The lowest BCUT2D eigenvalue weighted by Gasteiger charge is -2.45. The van der Waals surface area contributed by atoms with Crippen LogP contribution >= 0.6 is 0 Å². The van der Waals surface area contributed by atoms with Crippen molar-refractivity contribution in [2.45, 2.75) is 57.4 Å². The minimum absolute atomic E-state index is 0.0595. The van der Waals surface area contributed by atoms with E-state index in [4.69, 9.17) is 15.6 Å². The Bertz CT molecular complexity index is 1670. The van der Waals surface area contributed by atoms with E-state index < -0.39 is 5.41 Å². The van der Waals surface area contributed by atoms with E-state index in [0.717, 1.165) is 35.1 Å². The summed E-state index contributed by atoms with van der Waals surface area (Å²) in [5, 5.41) is 8.90. The first-order chi connectivity index (χ1) is 20.3. The fraction of sp³-hybridized carbons (Fsp3) is 0.406. The summed E-state index contributed by atoms with van der Waals surface area (Å²) in [5.41, 5.74) is 10.1. The highest BCUT2D eigenvalue weighted by Gasteiger charge is 2.46. The van der Waals surface area contributed by atoms with Gasteiger partial charge in [-0.2, -0.15) is 5.10 Å². The Morgan fingerprint density at radius 2 is 1.74 bits per heavy atom. The van der Waals surface area contributed by atoms with Crippen LogP contribution in [0.4, 0.5) is 11.6 Å². The van der Waals surface area contributed by atoms with Crippen LogP contribution in [0, 0.1) is 5.41 Å². The fourth-order valence-corrected chi connectivity index (χ4v) is 6.22. The zero-order valence-corrected chi connectivity index (χ0v) is 23.9. The van der Waals surface area contributed by atoms with Crippen molar-refractivity contribution in [2.75, 3.05) is 30.8 Å². The van der Waals surface area contributed by atoms with Gasteiger partial charge >= 0.3 is 0 Å². The largest absolute Gasteiger partial charge is 0.382 e.